The molecular formula is C17H20ClNO. The molecule has 2 aromatic carbocycles. The van der Waals surface area contributed by atoms with Gasteiger partial charge in [0.2, 0.25) is 0 Å². The minimum Gasteiger partial charge on any atom is -0.457 e. The first-order chi connectivity index (χ1) is 9.63. The minimum absolute atomic E-state index is 0.391. The Morgan fingerprint density at radius 1 is 1.10 bits per heavy atom. The van der Waals surface area contributed by atoms with Crippen LogP contribution in [0.15, 0.2) is 42.5 Å². The summed E-state index contributed by atoms with van der Waals surface area (Å²) in [4.78, 5) is 0. The van der Waals surface area contributed by atoms with Crippen LogP contribution in [-0.4, -0.2) is 7.05 Å². The van der Waals surface area contributed by atoms with Gasteiger partial charge in [-0.2, -0.15) is 0 Å². The zero-order valence-electron chi connectivity index (χ0n) is 12.1. The van der Waals surface area contributed by atoms with E-state index >= 15 is 0 Å². The molecule has 0 saturated heterocycles. The summed E-state index contributed by atoms with van der Waals surface area (Å²) < 4.78 is 5.84. The lowest BCUT2D eigenvalue weighted by atomic mass is 10.0. The van der Waals surface area contributed by atoms with Crippen molar-refractivity contribution in [3.8, 4) is 11.5 Å². The summed E-state index contributed by atoms with van der Waals surface area (Å²) >= 11 is 6.01. The summed E-state index contributed by atoms with van der Waals surface area (Å²) in [5.74, 6) is 1.64. The Bertz CT molecular complexity index is 562. The predicted octanol–water partition coefficient (Wildman–Crippen LogP) is 5.11. The second kappa shape index (κ2) is 6.78. The molecule has 1 atom stereocenters. The van der Waals surface area contributed by atoms with Gasteiger partial charge in [-0.25, -0.2) is 0 Å². The Kier molecular flexibility index (Phi) is 5.05. The average Bonchev–Trinajstić information content (AvgIpc) is 2.46. The fraction of sp³-hybridized carbons (Fsp3) is 0.294. The number of ether oxygens (including phenoxy) is 1. The molecule has 0 bridgehead atoms. The van der Waals surface area contributed by atoms with Gasteiger partial charge in [0.25, 0.3) is 0 Å². The number of hydrogen-bond acceptors (Lipinski definition) is 2. The Morgan fingerprint density at radius 2 is 1.75 bits per heavy atom. The summed E-state index contributed by atoms with van der Waals surface area (Å²) in [6.45, 7) is 4.14. The number of benzene rings is 2. The van der Waals surface area contributed by atoms with Crippen molar-refractivity contribution < 1.29 is 4.74 Å². The second-order valence-electron chi connectivity index (χ2n) is 4.83. The van der Waals surface area contributed by atoms with E-state index in [0.717, 1.165) is 28.5 Å². The average molecular weight is 290 g/mol. The lowest BCUT2D eigenvalue weighted by molar-refractivity contribution is 0.481. The van der Waals surface area contributed by atoms with Gasteiger partial charge in [0, 0.05) is 11.1 Å². The summed E-state index contributed by atoms with van der Waals surface area (Å²) in [6.07, 6.45) is 1.06. The van der Waals surface area contributed by atoms with Crippen molar-refractivity contribution in [2.75, 3.05) is 7.05 Å². The first kappa shape index (κ1) is 14.9. The molecule has 2 nitrogen and oxygen atoms in total. The van der Waals surface area contributed by atoms with E-state index in [-0.39, 0.29) is 0 Å². The molecule has 0 aliphatic heterocycles. The van der Waals surface area contributed by atoms with Gasteiger partial charge in [-0.05, 0) is 61.9 Å². The van der Waals surface area contributed by atoms with Crippen LogP contribution in [0.5, 0.6) is 11.5 Å². The highest BCUT2D eigenvalue weighted by Gasteiger charge is 2.06. The van der Waals surface area contributed by atoms with Crippen LogP contribution in [0.2, 0.25) is 5.02 Å². The molecule has 1 N–H and O–H groups in total. The topological polar surface area (TPSA) is 21.3 Å². The molecule has 0 fully saturated rings. The summed E-state index contributed by atoms with van der Waals surface area (Å²) in [7, 11) is 1.98. The van der Waals surface area contributed by atoms with Crippen LogP contribution in [-0.2, 0) is 0 Å². The lowest BCUT2D eigenvalue weighted by Gasteiger charge is -2.15. The normalized spacial score (nSPS) is 12.2. The van der Waals surface area contributed by atoms with Crippen molar-refractivity contribution in [2.45, 2.75) is 26.3 Å². The molecule has 0 saturated carbocycles. The van der Waals surface area contributed by atoms with Crippen LogP contribution < -0.4 is 10.1 Å². The third-order valence-corrected chi connectivity index (χ3v) is 3.83. The van der Waals surface area contributed by atoms with Gasteiger partial charge >= 0.3 is 0 Å². The predicted molar refractivity (Wildman–Crippen MR) is 84.8 cm³/mol. The van der Waals surface area contributed by atoms with Gasteiger partial charge < -0.3 is 10.1 Å². The Balaban J connectivity index is 2.12. The second-order valence-corrected chi connectivity index (χ2v) is 5.24. The van der Waals surface area contributed by atoms with Crippen LogP contribution in [0.1, 0.15) is 30.5 Å². The SMILES string of the molecule is CCC(NC)c1ccc(Oc2ccc(Cl)c(C)c2)cc1. The zero-order chi connectivity index (χ0) is 14.5. The van der Waals surface area contributed by atoms with Gasteiger partial charge in [0.05, 0.1) is 0 Å². The molecule has 3 heteroatoms. The van der Waals surface area contributed by atoms with E-state index < -0.39 is 0 Å². The highest BCUT2D eigenvalue weighted by Crippen LogP contribution is 2.27. The van der Waals surface area contributed by atoms with Crippen LogP contribution in [0.25, 0.3) is 0 Å². The standard InChI is InChI=1S/C17H20ClNO/c1-4-17(19-3)13-5-7-14(8-6-13)20-15-9-10-16(18)12(2)11-15/h5-11,17,19H,4H2,1-3H3. The number of aryl methyl sites for hydroxylation is 1. The van der Waals surface area contributed by atoms with Crippen molar-refractivity contribution in [1.29, 1.82) is 0 Å². The number of rotatable bonds is 5. The molecule has 0 heterocycles. The van der Waals surface area contributed by atoms with E-state index in [1.807, 2.05) is 44.3 Å². The zero-order valence-corrected chi connectivity index (χ0v) is 12.9. The fourth-order valence-corrected chi connectivity index (χ4v) is 2.31. The van der Waals surface area contributed by atoms with Crippen molar-refractivity contribution in [2.24, 2.45) is 0 Å². The number of nitrogens with one attached hydrogen (secondary N) is 1. The van der Waals surface area contributed by atoms with Gasteiger partial charge in [0.1, 0.15) is 11.5 Å². The van der Waals surface area contributed by atoms with Crippen molar-refractivity contribution in [1.82, 2.24) is 5.32 Å². The fourth-order valence-electron chi connectivity index (χ4n) is 2.19. The van der Waals surface area contributed by atoms with E-state index in [0.29, 0.717) is 6.04 Å². The molecule has 0 aliphatic rings. The lowest BCUT2D eigenvalue weighted by Crippen LogP contribution is -2.14. The molecule has 0 aromatic heterocycles. The molecule has 2 aromatic rings. The molecule has 2 rings (SSSR count). The van der Waals surface area contributed by atoms with E-state index in [1.165, 1.54) is 5.56 Å². The van der Waals surface area contributed by atoms with Crippen LogP contribution in [0, 0.1) is 6.92 Å². The first-order valence-corrected chi connectivity index (χ1v) is 7.23. The molecule has 0 spiro atoms. The third-order valence-electron chi connectivity index (χ3n) is 3.40. The monoisotopic (exact) mass is 289 g/mol. The number of hydrogen-bond donors (Lipinski definition) is 1. The van der Waals surface area contributed by atoms with Crippen molar-refractivity contribution in [3.63, 3.8) is 0 Å². The maximum absolute atomic E-state index is 6.01. The Morgan fingerprint density at radius 3 is 2.30 bits per heavy atom. The molecule has 0 aliphatic carbocycles. The minimum atomic E-state index is 0.391. The van der Waals surface area contributed by atoms with Crippen molar-refractivity contribution in [3.05, 3.63) is 58.6 Å². The highest BCUT2D eigenvalue weighted by molar-refractivity contribution is 6.31. The van der Waals surface area contributed by atoms with E-state index in [1.54, 1.807) is 0 Å². The van der Waals surface area contributed by atoms with Gasteiger partial charge in [-0.15, -0.1) is 0 Å². The molecule has 20 heavy (non-hydrogen) atoms. The van der Waals surface area contributed by atoms with E-state index in [4.69, 9.17) is 16.3 Å². The summed E-state index contributed by atoms with van der Waals surface area (Å²) in [5.41, 5.74) is 2.29. The first-order valence-electron chi connectivity index (χ1n) is 6.85. The van der Waals surface area contributed by atoms with Crippen LogP contribution in [0.4, 0.5) is 0 Å². The highest BCUT2D eigenvalue weighted by atomic mass is 35.5. The Labute approximate surface area is 125 Å². The van der Waals surface area contributed by atoms with Crippen LogP contribution in [0.3, 0.4) is 0 Å². The Hall–Kier alpha value is -1.51. The smallest absolute Gasteiger partial charge is 0.127 e. The maximum atomic E-state index is 6.01. The maximum Gasteiger partial charge on any atom is 0.127 e. The molecule has 0 amide bonds. The van der Waals surface area contributed by atoms with Gasteiger partial charge in [0.15, 0.2) is 0 Å². The molecule has 1 unspecified atom stereocenters. The molecule has 106 valence electrons. The van der Waals surface area contributed by atoms with Gasteiger partial charge in [-0.3, -0.25) is 0 Å². The van der Waals surface area contributed by atoms with Crippen molar-refractivity contribution >= 4 is 11.6 Å². The van der Waals surface area contributed by atoms with E-state index in [2.05, 4.69) is 24.4 Å². The van der Waals surface area contributed by atoms with Crippen LogP contribution >= 0.6 is 11.6 Å². The van der Waals surface area contributed by atoms with E-state index in [9.17, 15) is 0 Å². The molecular weight excluding hydrogens is 270 g/mol. The largest absolute Gasteiger partial charge is 0.457 e. The summed E-state index contributed by atoms with van der Waals surface area (Å²) in [6, 6.07) is 14.3. The molecule has 0 radical (unpaired) electrons. The van der Waals surface area contributed by atoms with Gasteiger partial charge in [-0.1, -0.05) is 30.7 Å². The third kappa shape index (κ3) is 3.53. The quantitative estimate of drug-likeness (QED) is 0.826. The summed E-state index contributed by atoms with van der Waals surface area (Å²) in [5, 5.41) is 4.05. The number of halogens is 1.